The zero-order chi connectivity index (χ0) is 15.3. The van der Waals surface area contributed by atoms with Gasteiger partial charge < -0.3 is 14.4 Å². The van der Waals surface area contributed by atoms with Gasteiger partial charge in [-0.15, -0.1) is 0 Å². The lowest BCUT2D eigenvalue weighted by atomic mass is 9.87. The summed E-state index contributed by atoms with van der Waals surface area (Å²) < 4.78 is 11.2. The van der Waals surface area contributed by atoms with Crippen LogP contribution in [-0.2, 0) is 16.0 Å². The van der Waals surface area contributed by atoms with Crippen LogP contribution in [0.3, 0.4) is 0 Å². The third-order valence-electron chi connectivity index (χ3n) is 4.78. The molecule has 3 heterocycles. The summed E-state index contributed by atoms with van der Waals surface area (Å²) in [7, 11) is 1.77. The van der Waals surface area contributed by atoms with E-state index in [-0.39, 0.29) is 5.41 Å². The van der Waals surface area contributed by atoms with Gasteiger partial charge >= 0.3 is 0 Å². The van der Waals surface area contributed by atoms with Crippen LogP contribution < -0.4 is 0 Å². The minimum absolute atomic E-state index is 0.284. The smallest absolute Gasteiger partial charge is 0.0593 e. The first kappa shape index (κ1) is 15.9. The first-order chi connectivity index (χ1) is 10.8. The second-order valence-electron chi connectivity index (χ2n) is 6.64. The first-order valence-electron chi connectivity index (χ1n) is 8.20. The standard InChI is InChI=1S/C17H27N3O2/c1-21-9-7-19-6-4-17(13-19)14-20(8-10-22-15-17)12-16-3-2-5-18-11-16/h2-3,5,11H,4,6-10,12-15H2,1H3/t17-/m1/s1. The second-order valence-corrected chi connectivity index (χ2v) is 6.64. The quantitative estimate of drug-likeness (QED) is 0.818. The number of hydrogen-bond donors (Lipinski definition) is 0. The van der Waals surface area contributed by atoms with E-state index in [2.05, 4.69) is 20.9 Å². The van der Waals surface area contributed by atoms with Gasteiger partial charge in [-0.25, -0.2) is 0 Å². The predicted molar refractivity (Wildman–Crippen MR) is 85.7 cm³/mol. The maximum absolute atomic E-state index is 5.94. The van der Waals surface area contributed by atoms with Crippen LogP contribution in [0.4, 0.5) is 0 Å². The van der Waals surface area contributed by atoms with E-state index in [9.17, 15) is 0 Å². The van der Waals surface area contributed by atoms with Crippen molar-refractivity contribution in [1.82, 2.24) is 14.8 Å². The first-order valence-corrected chi connectivity index (χ1v) is 8.20. The molecule has 0 bridgehead atoms. The second kappa shape index (κ2) is 7.51. The fraction of sp³-hybridized carbons (Fsp3) is 0.706. The Hall–Kier alpha value is -1.01. The Morgan fingerprint density at radius 2 is 2.23 bits per heavy atom. The Bertz CT molecular complexity index is 456. The van der Waals surface area contributed by atoms with Crippen LogP contribution in [0.5, 0.6) is 0 Å². The molecule has 22 heavy (non-hydrogen) atoms. The van der Waals surface area contributed by atoms with Gasteiger partial charge in [0.05, 0.1) is 19.8 Å². The lowest BCUT2D eigenvalue weighted by molar-refractivity contribution is 0.0682. The Morgan fingerprint density at radius 3 is 3.05 bits per heavy atom. The normalized spacial score (nSPS) is 27.3. The fourth-order valence-electron chi connectivity index (χ4n) is 3.65. The molecule has 0 aromatic carbocycles. The molecule has 122 valence electrons. The summed E-state index contributed by atoms with van der Waals surface area (Å²) in [6, 6.07) is 4.17. The highest BCUT2D eigenvalue weighted by Crippen LogP contribution is 2.33. The van der Waals surface area contributed by atoms with Gasteiger partial charge in [0.15, 0.2) is 0 Å². The van der Waals surface area contributed by atoms with Gasteiger partial charge in [-0.3, -0.25) is 9.88 Å². The Labute approximate surface area is 133 Å². The molecule has 0 aliphatic carbocycles. The molecule has 1 atom stereocenters. The van der Waals surface area contributed by atoms with E-state index in [1.165, 1.54) is 12.0 Å². The summed E-state index contributed by atoms with van der Waals surface area (Å²) in [6.07, 6.45) is 5.03. The summed E-state index contributed by atoms with van der Waals surface area (Å²) in [4.78, 5) is 9.27. The summed E-state index contributed by atoms with van der Waals surface area (Å²) >= 11 is 0. The summed E-state index contributed by atoms with van der Waals surface area (Å²) in [5.74, 6) is 0. The van der Waals surface area contributed by atoms with Crippen LogP contribution >= 0.6 is 0 Å². The molecule has 2 aliphatic rings. The number of hydrogen-bond acceptors (Lipinski definition) is 5. The molecule has 5 heteroatoms. The van der Waals surface area contributed by atoms with Gasteiger partial charge in [-0.05, 0) is 24.6 Å². The molecule has 2 aliphatic heterocycles. The van der Waals surface area contributed by atoms with Crippen LogP contribution in [0.1, 0.15) is 12.0 Å². The molecule has 1 spiro atoms. The fourth-order valence-corrected chi connectivity index (χ4v) is 3.65. The number of aromatic nitrogens is 1. The maximum Gasteiger partial charge on any atom is 0.0593 e. The van der Waals surface area contributed by atoms with Crippen molar-refractivity contribution in [2.75, 3.05) is 59.7 Å². The molecule has 2 saturated heterocycles. The van der Waals surface area contributed by atoms with Crippen molar-refractivity contribution in [3.05, 3.63) is 30.1 Å². The van der Waals surface area contributed by atoms with Crippen molar-refractivity contribution in [1.29, 1.82) is 0 Å². The summed E-state index contributed by atoms with van der Waals surface area (Å²) in [6.45, 7) is 8.95. The highest BCUT2D eigenvalue weighted by Gasteiger charge is 2.40. The van der Waals surface area contributed by atoms with Crippen molar-refractivity contribution in [3.8, 4) is 0 Å². The van der Waals surface area contributed by atoms with E-state index >= 15 is 0 Å². The monoisotopic (exact) mass is 305 g/mol. The number of ether oxygens (including phenoxy) is 2. The molecule has 2 fully saturated rings. The molecule has 0 radical (unpaired) electrons. The number of rotatable bonds is 5. The molecular formula is C17H27N3O2. The minimum Gasteiger partial charge on any atom is -0.383 e. The third-order valence-corrected chi connectivity index (χ3v) is 4.78. The average molecular weight is 305 g/mol. The van der Waals surface area contributed by atoms with E-state index in [0.717, 1.165) is 59.1 Å². The van der Waals surface area contributed by atoms with Gasteiger partial charge in [0.25, 0.3) is 0 Å². The number of nitrogens with zero attached hydrogens (tertiary/aromatic N) is 3. The summed E-state index contributed by atoms with van der Waals surface area (Å²) in [5, 5.41) is 0. The van der Waals surface area contributed by atoms with Gasteiger partial charge in [0.1, 0.15) is 0 Å². The maximum atomic E-state index is 5.94. The Balaban J connectivity index is 1.60. The van der Waals surface area contributed by atoms with Crippen molar-refractivity contribution >= 4 is 0 Å². The van der Waals surface area contributed by atoms with Crippen molar-refractivity contribution in [2.45, 2.75) is 13.0 Å². The minimum atomic E-state index is 0.284. The Kier molecular flexibility index (Phi) is 5.41. The van der Waals surface area contributed by atoms with Gasteiger partial charge in [-0.2, -0.15) is 0 Å². The topological polar surface area (TPSA) is 37.8 Å². The van der Waals surface area contributed by atoms with E-state index in [1.807, 2.05) is 18.5 Å². The molecule has 5 nitrogen and oxygen atoms in total. The lowest BCUT2D eigenvalue weighted by Crippen LogP contribution is -2.40. The van der Waals surface area contributed by atoms with Gasteiger partial charge in [0, 0.05) is 57.6 Å². The highest BCUT2D eigenvalue weighted by molar-refractivity contribution is 5.08. The van der Waals surface area contributed by atoms with Crippen LogP contribution in [0, 0.1) is 5.41 Å². The molecule has 0 amide bonds. The van der Waals surface area contributed by atoms with Crippen LogP contribution in [0.25, 0.3) is 0 Å². The molecule has 3 rings (SSSR count). The average Bonchev–Trinajstić information content (AvgIpc) is 2.82. The number of methoxy groups -OCH3 is 1. The van der Waals surface area contributed by atoms with E-state index < -0.39 is 0 Å². The van der Waals surface area contributed by atoms with Gasteiger partial charge in [0.2, 0.25) is 0 Å². The van der Waals surface area contributed by atoms with E-state index in [1.54, 1.807) is 7.11 Å². The molecule has 0 N–H and O–H groups in total. The van der Waals surface area contributed by atoms with Crippen molar-refractivity contribution in [3.63, 3.8) is 0 Å². The largest absolute Gasteiger partial charge is 0.383 e. The van der Waals surface area contributed by atoms with Crippen LogP contribution in [0.15, 0.2) is 24.5 Å². The molecule has 0 unspecified atom stereocenters. The van der Waals surface area contributed by atoms with E-state index in [4.69, 9.17) is 9.47 Å². The number of likely N-dealkylation sites (tertiary alicyclic amines) is 1. The van der Waals surface area contributed by atoms with E-state index in [0.29, 0.717) is 0 Å². The molecule has 0 saturated carbocycles. The summed E-state index contributed by atoms with van der Waals surface area (Å²) in [5.41, 5.74) is 1.57. The number of pyridine rings is 1. The lowest BCUT2D eigenvalue weighted by Gasteiger charge is -2.32. The predicted octanol–water partition coefficient (Wildman–Crippen LogP) is 1.25. The highest BCUT2D eigenvalue weighted by atomic mass is 16.5. The van der Waals surface area contributed by atoms with Crippen molar-refractivity contribution < 1.29 is 9.47 Å². The zero-order valence-electron chi connectivity index (χ0n) is 13.5. The third kappa shape index (κ3) is 4.04. The molecular weight excluding hydrogens is 278 g/mol. The van der Waals surface area contributed by atoms with Gasteiger partial charge in [-0.1, -0.05) is 6.07 Å². The van der Waals surface area contributed by atoms with Crippen LogP contribution in [0.2, 0.25) is 0 Å². The molecule has 1 aromatic heterocycles. The van der Waals surface area contributed by atoms with Crippen molar-refractivity contribution in [2.24, 2.45) is 5.41 Å². The Morgan fingerprint density at radius 1 is 1.32 bits per heavy atom. The SMILES string of the molecule is COCCN1CC[C@@]2(COCCN(Cc3cccnc3)C2)C1. The molecule has 1 aromatic rings. The van der Waals surface area contributed by atoms with Crippen LogP contribution in [-0.4, -0.2) is 74.4 Å². The zero-order valence-corrected chi connectivity index (χ0v) is 13.5.